The Morgan fingerprint density at radius 2 is 1.96 bits per heavy atom. The topological polar surface area (TPSA) is 48.7 Å². The van der Waals surface area contributed by atoms with Crippen LogP contribution in [0.4, 0.5) is 14.5 Å². The van der Waals surface area contributed by atoms with E-state index in [0.717, 1.165) is 29.8 Å². The van der Waals surface area contributed by atoms with Crippen molar-refractivity contribution in [3.05, 3.63) is 76.3 Å². The second-order valence-corrected chi connectivity index (χ2v) is 7.63. The van der Waals surface area contributed by atoms with E-state index in [1.807, 2.05) is 17.5 Å². The highest BCUT2D eigenvalue weighted by Crippen LogP contribution is 2.27. The monoisotopic (exact) mass is 395 g/mol. The molecular formula is C22H19F2N3S. The van der Waals surface area contributed by atoms with Crippen LogP contribution in [0.3, 0.4) is 0 Å². The van der Waals surface area contributed by atoms with Gasteiger partial charge in [-0.05, 0) is 30.0 Å². The summed E-state index contributed by atoms with van der Waals surface area (Å²) in [6, 6.07) is 13.5. The van der Waals surface area contributed by atoms with Crippen molar-refractivity contribution in [1.29, 1.82) is 5.26 Å². The first-order valence-corrected chi connectivity index (χ1v) is 9.71. The van der Waals surface area contributed by atoms with Gasteiger partial charge in [-0.25, -0.2) is 13.8 Å². The van der Waals surface area contributed by atoms with Crippen molar-refractivity contribution in [2.75, 3.05) is 5.32 Å². The largest absolute Gasteiger partial charge is 0.358 e. The highest BCUT2D eigenvalue weighted by Gasteiger charge is 2.10. The number of hydrogen-bond acceptors (Lipinski definition) is 4. The number of nitrogens with zero attached hydrogens (tertiary/aromatic N) is 2. The van der Waals surface area contributed by atoms with E-state index < -0.39 is 11.6 Å². The highest BCUT2D eigenvalue weighted by molar-refractivity contribution is 7.11. The van der Waals surface area contributed by atoms with Gasteiger partial charge in [-0.1, -0.05) is 38.1 Å². The Hall–Kier alpha value is -3.04. The Kier molecular flexibility index (Phi) is 6.17. The maximum Gasteiger partial charge on any atom is 0.149 e. The predicted molar refractivity (Wildman–Crippen MR) is 110 cm³/mol. The molecule has 3 aromatic rings. The van der Waals surface area contributed by atoms with Gasteiger partial charge in [0.2, 0.25) is 0 Å². The number of hydrogen-bond donors (Lipinski definition) is 1. The highest BCUT2D eigenvalue weighted by atomic mass is 32.1. The third kappa shape index (κ3) is 4.81. The summed E-state index contributed by atoms with van der Waals surface area (Å²) in [5, 5.41) is 14.5. The van der Waals surface area contributed by atoms with E-state index in [0.29, 0.717) is 10.9 Å². The number of allylic oxidation sites excluding steroid dienone is 1. The molecule has 28 heavy (non-hydrogen) atoms. The van der Waals surface area contributed by atoms with Crippen LogP contribution in [0.15, 0.2) is 54.0 Å². The molecule has 3 rings (SSSR count). The summed E-state index contributed by atoms with van der Waals surface area (Å²) in [6.07, 6.45) is 2.40. The molecule has 0 spiro atoms. The summed E-state index contributed by atoms with van der Waals surface area (Å²) < 4.78 is 26.7. The van der Waals surface area contributed by atoms with E-state index in [-0.39, 0.29) is 11.3 Å². The summed E-state index contributed by atoms with van der Waals surface area (Å²) in [5.41, 5.74) is 3.40. The lowest BCUT2D eigenvalue weighted by molar-refractivity contribution is 0.586. The van der Waals surface area contributed by atoms with Crippen molar-refractivity contribution >= 4 is 22.6 Å². The molecule has 0 aliphatic heterocycles. The van der Waals surface area contributed by atoms with E-state index in [2.05, 4.69) is 42.4 Å². The molecule has 3 nitrogen and oxygen atoms in total. The number of rotatable bonds is 6. The van der Waals surface area contributed by atoms with E-state index in [1.165, 1.54) is 29.2 Å². The number of nitrogens with one attached hydrogen (secondary N) is 1. The summed E-state index contributed by atoms with van der Waals surface area (Å²) in [6.45, 7) is 4.37. The maximum atomic E-state index is 13.7. The maximum absolute atomic E-state index is 13.7. The van der Waals surface area contributed by atoms with Gasteiger partial charge in [0.1, 0.15) is 28.3 Å². The van der Waals surface area contributed by atoms with Crippen LogP contribution in [-0.2, 0) is 6.42 Å². The van der Waals surface area contributed by atoms with E-state index in [9.17, 15) is 14.0 Å². The molecular weight excluding hydrogens is 376 g/mol. The van der Waals surface area contributed by atoms with Crippen molar-refractivity contribution in [1.82, 2.24) is 4.98 Å². The van der Waals surface area contributed by atoms with Crippen LogP contribution in [0, 0.1) is 28.9 Å². The average Bonchev–Trinajstić information content (AvgIpc) is 3.14. The molecule has 0 fully saturated rings. The third-order valence-corrected chi connectivity index (χ3v) is 4.93. The Balaban J connectivity index is 1.78. The molecule has 142 valence electrons. The molecule has 0 radical (unpaired) electrons. The quantitative estimate of drug-likeness (QED) is 0.501. The van der Waals surface area contributed by atoms with Crippen molar-refractivity contribution in [3.63, 3.8) is 0 Å². The Morgan fingerprint density at radius 1 is 1.21 bits per heavy atom. The number of aromatic nitrogens is 1. The van der Waals surface area contributed by atoms with Gasteiger partial charge in [0.25, 0.3) is 0 Å². The van der Waals surface area contributed by atoms with Gasteiger partial charge in [-0.3, -0.25) is 0 Å². The fourth-order valence-electron chi connectivity index (χ4n) is 2.71. The SMILES string of the molecule is CC(C)Cc1ccc(-c2csc(/C(C#N)=C\Nc3ccc(F)cc3F)n2)cc1. The number of benzene rings is 2. The molecule has 1 heterocycles. The second kappa shape index (κ2) is 8.77. The van der Waals surface area contributed by atoms with E-state index in [4.69, 9.17) is 0 Å². The molecule has 0 aliphatic carbocycles. The zero-order valence-corrected chi connectivity index (χ0v) is 16.4. The van der Waals surface area contributed by atoms with Gasteiger partial charge in [-0.2, -0.15) is 5.26 Å². The van der Waals surface area contributed by atoms with Crippen LogP contribution in [0.2, 0.25) is 0 Å². The Labute approximate surface area is 167 Å². The Bertz CT molecular complexity index is 1030. The van der Waals surface area contributed by atoms with Crippen LogP contribution in [0.25, 0.3) is 16.8 Å². The molecule has 2 aromatic carbocycles. The first-order valence-electron chi connectivity index (χ1n) is 8.83. The van der Waals surface area contributed by atoms with Crippen LogP contribution in [0.1, 0.15) is 24.4 Å². The van der Waals surface area contributed by atoms with Crippen molar-refractivity contribution in [3.8, 4) is 17.3 Å². The molecule has 0 aliphatic rings. The minimum atomic E-state index is -0.727. The average molecular weight is 395 g/mol. The van der Waals surface area contributed by atoms with Crippen LogP contribution < -0.4 is 5.32 Å². The molecule has 1 N–H and O–H groups in total. The fourth-order valence-corrected chi connectivity index (χ4v) is 3.51. The molecule has 0 amide bonds. The van der Waals surface area contributed by atoms with Gasteiger partial charge in [0.15, 0.2) is 0 Å². The van der Waals surface area contributed by atoms with Crippen LogP contribution >= 0.6 is 11.3 Å². The van der Waals surface area contributed by atoms with E-state index in [1.54, 1.807) is 0 Å². The normalized spacial score (nSPS) is 11.5. The lowest BCUT2D eigenvalue weighted by Crippen LogP contribution is -1.95. The van der Waals surface area contributed by atoms with Crippen molar-refractivity contribution in [2.24, 2.45) is 5.92 Å². The lowest BCUT2D eigenvalue weighted by Gasteiger charge is -2.05. The first kappa shape index (κ1) is 19.7. The van der Waals surface area contributed by atoms with Gasteiger partial charge in [0, 0.05) is 23.2 Å². The number of anilines is 1. The Morgan fingerprint density at radius 3 is 2.61 bits per heavy atom. The van der Waals surface area contributed by atoms with Crippen molar-refractivity contribution < 1.29 is 8.78 Å². The summed E-state index contributed by atoms with van der Waals surface area (Å²) in [7, 11) is 0. The van der Waals surface area contributed by atoms with Gasteiger partial charge in [0.05, 0.1) is 11.4 Å². The van der Waals surface area contributed by atoms with Crippen molar-refractivity contribution in [2.45, 2.75) is 20.3 Å². The number of thiazole rings is 1. The zero-order chi connectivity index (χ0) is 20.1. The van der Waals surface area contributed by atoms with Crippen LogP contribution in [-0.4, -0.2) is 4.98 Å². The minimum Gasteiger partial charge on any atom is -0.358 e. The van der Waals surface area contributed by atoms with Gasteiger partial charge in [-0.15, -0.1) is 11.3 Å². The standard InChI is InChI=1S/C22H19F2N3S/c1-14(2)9-15-3-5-16(6-4-15)21-13-28-22(27-21)17(11-25)12-26-20-8-7-18(23)10-19(20)24/h3-8,10,12-14,26H,9H2,1-2H3/b17-12-. The third-order valence-electron chi connectivity index (χ3n) is 4.05. The molecule has 0 saturated carbocycles. The van der Waals surface area contributed by atoms with Crippen LogP contribution in [0.5, 0.6) is 0 Å². The van der Waals surface area contributed by atoms with E-state index >= 15 is 0 Å². The fraction of sp³-hybridized carbons (Fsp3) is 0.182. The summed E-state index contributed by atoms with van der Waals surface area (Å²) in [5.74, 6) is -0.787. The first-order chi connectivity index (χ1) is 13.5. The number of nitriles is 1. The van der Waals surface area contributed by atoms with Gasteiger partial charge < -0.3 is 5.32 Å². The predicted octanol–water partition coefficient (Wildman–Crippen LogP) is 6.26. The summed E-state index contributed by atoms with van der Waals surface area (Å²) in [4.78, 5) is 4.53. The smallest absolute Gasteiger partial charge is 0.149 e. The summed E-state index contributed by atoms with van der Waals surface area (Å²) >= 11 is 1.34. The number of halogens is 2. The molecule has 6 heteroatoms. The minimum absolute atomic E-state index is 0.0895. The molecule has 0 atom stereocenters. The lowest BCUT2D eigenvalue weighted by atomic mass is 10.0. The van der Waals surface area contributed by atoms with Gasteiger partial charge >= 0.3 is 0 Å². The molecule has 0 unspecified atom stereocenters. The molecule has 0 saturated heterocycles. The molecule has 0 bridgehead atoms. The zero-order valence-electron chi connectivity index (χ0n) is 15.5. The molecule has 1 aromatic heterocycles. The second-order valence-electron chi connectivity index (χ2n) is 6.77.